The number of fused-ring (bicyclic) bond motifs is 1. The summed E-state index contributed by atoms with van der Waals surface area (Å²) in [7, 11) is -2.13. The number of amides is 2. The molecule has 1 aliphatic rings. The minimum Gasteiger partial charge on any atom is -0.348 e. The second-order valence-corrected chi connectivity index (χ2v) is 8.49. The van der Waals surface area contributed by atoms with Crippen molar-refractivity contribution in [1.29, 1.82) is 0 Å². The molecule has 0 bridgehead atoms. The number of hydrogen-bond donors (Lipinski definition) is 3. The molecule has 0 aromatic heterocycles. The van der Waals surface area contributed by atoms with Gasteiger partial charge in [-0.05, 0) is 42.9 Å². The van der Waals surface area contributed by atoms with Crippen molar-refractivity contribution in [1.82, 2.24) is 10.0 Å². The van der Waals surface area contributed by atoms with E-state index < -0.39 is 10.0 Å². The summed E-state index contributed by atoms with van der Waals surface area (Å²) < 4.78 is 25.6. The van der Waals surface area contributed by atoms with Gasteiger partial charge in [-0.25, -0.2) is 13.1 Å². The van der Waals surface area contributed by atoms with Crippen LogP contribution in [0.5, 0.6) is 0 Å². The number of carbonyl (C=O) groups excluding carboxylic acids is 2. The highest BCUT2D eigenvalue weighted by Crippen LogP contribution is 2.31. The molecule has 1 aliphatic heterocycles. The monoisotopic (exact) mass is 391 g/mol. The zero-order valence-electron chi connectivity index (χ0n) is 13.9. The van der Waals surface area contributed by atoms with Gasteiger partial charge in [0, 0.05) is 17.0 Å². The topological polar surface area (TPSA) is 104 Å². The maximum atomic E-state index is 12.3. The molecule has 3 rings (SSSR count). The third-order valence-corrected chi connectivity index (χ3v) is 6.33. The van der Waals surface area contributed by atoms with Gasteiger partial charge in [0.1, 0.15) is 0 Å². The Morgan fingerprint density at radius 3 is 2.62 bits per heavy atom. The van der Waals surface area contributed by atoms with Crippen molar-refractivity contribution >= 4 is 39.3 Å². The summed E-state index contributed by atoms with van der Waals surface area (Å²) in [4.78, 5) is 24.9. The third kappa shape index (κ3) is 4.06. The number of hydrogen-bond acceptors (Lipinski definition) is 5. The number of benzene rings is 2. The Morgan fingerprint density at radius 1 is 1.19 bits per heavy atom. The van der Waals surface area contributed by atoms with Crippen LogP contribution < -0.4 is 15.4 Å². The first-order valence-electron chi connectivity index (χ1n) is 7.76. The molecule has 0 saturated heterocycles. The second-order valence-electron chi connectivity index (χ2n) is 5.58. The third-order valence-electron chi connectivity index (χ3n) is 3.83. The van der Waals surface area contributed by atoms with Crippen LogP contribution in [0.25, 0.3) is 0 Å². The smallest absolute Gasteiger partial charge is 0.251 e. The van der Waals surface area contributed by atoms with E-state index in [1.807, 2.05) is 6.07 Å². The molecule has 136 valence electrons. The Bertz CT molecular complexity index is 956. The lowest BCUT2D eigenvalue weighted by Crippen LogP contribution is -2.24. The average molecular weight is 391 g/mol. The number of rotatable bonds is 5. The van der Waals surface area contributed by atoms with Crippen LogP contribution >= 0.6 is 11.8 Å². The molecule has 0 fully saturated rings. The van der Waals surface area contributed by atoms with Crippen molar-refractivity contribution in [2.24, 2.45) is 0 Å². The van der Waals surface area contributed by atoms with Gasteiger partial charge in [0.25, 0.3) is 5.91 Å². The van der Waals surface area contributed by atoms with Gasteiger partial charge in [-0.15, -0.1) is 11.8 Å². The Morgan fingerprint density at radius 2 is 1.92 bits per heavy atom. The van der Waals surface area contributed by atoms with Crippen LogP contribution in [0, 0.1) is 0 Å². The van der Waals surface area contributed by atoms with E-state index in [2.05, 4.69) is 15.4 Å². The predicted molar refractivity (Wildman–Crippen MR) is 99.7 cm³/mol. The molecule has 2 aromatic carbocycles. The van der Waals surface area contributed by atoms with Crippen molar-refractivity contribution in [3.8, 4) is 0 Å². The summed E-state index contributed by atoms with van der Waals surface area (Å²) in [5.74, 6) is 0.0128. The first-order valence-corrected chi connectivity index (χ1v) is 10.2. The molecule has 7 nitrogen and oxygen atoms in total. The normalized spacial score (nSPS) is 13.7. The van der Waals surface area contributed by atoms with Crippen LogP contribution in [-0.2, 0) is 21.4 Å². The molecule has 2 aromatic rings. The van der Waals surface area contributed by atoms with Crippen molar-refractivity contribution in [2.75, 3.05) is 18.1 Å². The number of anilines is 1. The largest absolute Gasteiger partial charge is 0.348 e. The highest BCUT2D eigenvalue weighted by molar-refractivity contribution is 8.00. The van der Waals surface area contributed by atoms with Gasteiger partial charge >= 0.3 is 0 Å². The van der Waals surface area contributed by atoms with Crippen LogP contribution in [-0.4, -0.2) is 33.0 Å². The first-order chi connectivity index (χ1) is 12.4. The SMILES string of the molecule is CNS(=O)(=O)c1ccc(CNC(=O)c2ccc3c(c2)NC(=O)CS3)cc1. The zero-order chi connectivity index (χ0) is 18.7. The first kappa shape index (κ1) is 18.4. The van der Waals surface area contributed by atoms with Crippen molar-refractivity contribution in [3.05, 3.63) is 53.6 Å². The van der Waals surface area contributed by atoms with E-state index in [0.717, 1.165) is 10.5 Å². The summed E-state index contributed by atoms with van der Waals surface area (Å²) in [5.41, 5.74) is 1.86. The van der Waals surface area contributed by atoms with E-state index in [0.29, 0.717) is 17.0 Å². The predicted octanol–water partition coefficient (Wildman–Crippen LogP) is 1.57. The summed E-state index contributed by atoms with van der Waals surface area (Å²) in [6, 6.07) is 11.4. The summed E-state index contributed by atoms with van der Waals surface area (Å²) >= 11 is 1.43. The van der Waals surface area contributed by atoms with Crippen LogP contribution in [0.15, 0.2) is 52.3 Å². The number of sulfonamides is 1. The van der Waals surface area contributed by atoms with Gasteiger partial charge in [-0.3, -0.25) is 9.59 Å². The zero-order valence-corrected chi connectivity index (χ0v) is 15.5. The second kappa shape index (κ2) is 7.48. The quantitative estimate of drug-likeness (QED) is 0.718. The summed E-state index contributed by atoms with van der Waals surface area (Å²) in [5, 5.41) is 5.53. The highest BCUT2D eigenvalue weighted by atomic mass is 32.2. The van der Waals surface area contributed by atoms with Gasteiger partial charge in [0.2, 0.25) is 15.9 Å². The minimum absolute atomic E-state index is 0.0864. The van der Waals surface area contributed by atoms with Crippen LogP contribution in [0.4, 0.5) is 5.69 Å². The lowest BCUT2D eigenvalue weighted by molar-refractivity contribution is -0.113. The molecule has 1 heterocycles. The standard InChI is InChI=1S/C17H17N3O4S2/c1-18-26(23,24)13-5-2-11(3-6-13)9-19-17(22)12-4-7-15-14(8-12)20-16(21)10-25-15/h2-8,18H,9-10H2,1H3,(H,19,22)(H,20,21). The summed E-state index contributed by atoms with van der Waals surface area (Å²) in [6.07, 6.45) is 0. The number of nitrogens with one attached hydrogen (secondary N) is 3. The Labute approximate surface area is 155 Å². The molecule has 0 radical (unpaired) electrons. The fourth-order valence-corrected chi connectivity index (χ4v) is 3.93. The van der Waals surface area contributed by atoms with Crippen molar-refractivity contribution in [3.63, 3.8) is 0 Å². The van der Waals surface area contributed by atoms with Gasteiger partial charge < -0.3 is 10.6 Å². The molecule has 2 amide bonds. The van der Waals surface area contributed by atoms with E-state index in [4.69, 9.17) is 0 Å². The van der Waals surface area contributed by atoms with Crippen molar-refractivity contribution in [2.45, 2.75) is 16.3 Å². The molecule has 0 aliphatic carbocycles. The lowest BCUT2D eigenvalue weighted by atomic mass is 10.1. The van der Waals surface area contributed by atoms with Crippen molar-refractivity contribution < 1.29 is 18.0 Å². The highest BCUT2D eigenvalue weighted by Gasteiger charge is 2.17. The van der Waals surface area contributed by atoms with E-state index in [1.165, 1.54) is 30.9 Å². The maximum absolute atomic E-state index is 12.3. The molecule has 0 atom stereocenters. The molecule has 26 heavy (non-hydrogen) atoms. The maximum Gasteiger partial charge on any atom is 0.251 e. The molecule has 3 N–H and O–H groups in total. The fraction of sp³-hybridized carbons (Fsp3) is 0.176. The molecule has 0 unspecified atom stereocenters. The van der Waals surface area contributed by atoms with E-state index in [1.54, 1.807) is 24.3 Å². The Hall–Kier alpha value is -2.36. The Balaban J connectivity index is 1.66. The van der Waals surface area contributed by atoms with Gasteiger partial charge in [-0.1, -0.05) is 12.1 Å². The van der Waals surface area contributed by atoms with E-state index in [9.17, 15) is 18.0 Å². The van der Waals surface area contributed by atoms with E-state index in [-0.39, 0.29) is 23.3 Å². The number of thioether (sulfide) groups is 1. The fourth-order valence-electron chi connectivity index (χ4n) is 2.41. The van der Waals surface area contributed by atoms with Gasteiger partial charge in [0.15, 0.2) is 0 Å². The molecule has 0 saturated carbocycles. The number of carbonyl (C=O) groups is 2. The summed E-state index contributed by atoms with van der Waals surface area (Å²) in [6.45, 7) is 0.261. The molecule has 9 heteroatoms. The van der Waals surface area contributed by atoms with Crippen LogP contribution in [0.1, 0.15) is 15.9 Å². The van der Waals surface area contributed by atoms with E-state index >= 15 is 0 Å². The van der Waals surface area contributed by atoms with Gasteiger partial charge in [-0.2, -0.15) is 0 Å². The molecular weight excluding hydrogens is 374 g/mol. The molecular formula is C17H17N3O4S2. The minimum atomic E-state index is -3.48. The van der Waals surface area contributed by atoms with Crippen LogP contribution in [0.3, 0.4) is 0 Å². The Kier molecular flexibility index (Phi) is 5.30. The van der Waals surface area contributed by atoms with Crippen LogP contribution in [0.2, 0.25) is 0 Å². The van der Waals surface area contributed by atoms with Gasteiger partial charge in [0.05, 0.1) is 16.3 Å². The average Bonchev–Trinajstić information content (AvgIpc) is 2.65. The lowest BCUT2D eigenvalue weighted by Gasteiger charge is -2.17. The molecule has 0 spiro atoms.